The standard InChI is InChI=1S/C10H19NO6/c1-10(6-12,7-13)9(15)17-5-4-16-3-2-11-8-14/h8,12-13H,2-7H2,1H3,(H,11,14). The number of rotatable bonds is 10. The van der Waals surface area contributed by atoms with Gasteiger partial charge in [-0.15, -0.1) is 0 Å². The monoisotopic (exact) mass is 249 g/mol. The Hall–Kier alpha value is -1.18. The van der Waals surface area contributed by atoms with Gasteiger partial charge >= 0.3 is 5.97 Å². The molecule has 100 valence electrons. The van der Waals surface area contributed by atoms with Crippen LogP contribution in [0.5, 0.6) is 0 Å². The second kappa shape index (κ2) is 8.91. The minimum Gasteiger partial charge on any atom is -0.463 e. The number of amides is 1. The molecule has 0 bridgehead atoms. The molecule has 17 heavy (non-hydrogen) atoms. The molecule has 0 atom stereocenters. The molecule has 0 spiro atoms. The fourth-order valence-corrected chi connectivity index (χ4v) is 0.839. The molecule has 7 nitrogen and oxygen atoms in total. The molecule has 0 aliphatic carbocycles. The number of aliphatic hydroxyl groups is 2. The van der Waals surface area contributed by atoms with E-state index >= 15 is 0 Å². The Morgan fingerprint density at radius 2 is 1.94 bits per heavy atom. The maximum absolute atomic E-state index is 11.4. The van der Waals surface area contributed by atoms with Gasteiger partial charge in [0.25, 0.3) is 0 Å². The predicted molar refractivity (Wildman–Crippen MR) is 58.1 cm³/mol. The molecule has 0 aromatic heterocycles. The number of carbonyl (C=O) groups is 2. The molecule has 0 aromatic rings. The van der Waals surface area contributed by atoms with Crippen molar-refractivity contribution in [1.29, 1.82) is 0 Å². The highest BCUT2D eigenvalue weighted by Gasteiger charge is 2.33. The molecule has 0 fully saturated rings. The van der Waals surface area contributed by atoms with Crippen LogP contribution in [0.2, 0.25) is 0 Å². The fraction of sp³-hybridized carbons (Fsp3) is 0.800. The quantitative estimate of drug-likeness (QED) is 0.242. The molecule has 0 radical (unpaired) electrons. The Kier molecular flexibility index (Phi) is 8.29. The number of nitrogens with one attached hydrogen (secondary N) is 1. The first-order chi connectivity index (χ1) is 8.10. The lowest BCUT2D eigenvalue weighted by Crippen LogP contribution is -2.37. The van der Waals surface area contributed by atoms with Crippen molar-refractivity contribution in [3.05, 3.63) is 0 Å². The molecule has 0 heterocycles. The van der Waals surface area contributed by atoms with Crippen molar-refractivity contribution in [3.8, 4) is 0 Å². The topological polar surface area (TPSA) is 105 Å². The average molecular weight is 249 g/mol. The van der Waals surface area contributed by atoms with Crippen LogP contribution < -0.4 is 5.32 Å². The fourth-order valence-electron chi connectivity index (χ4n) is 0.839. The van der Waals surface area contributed by atoms with Crippen molar-refractivity contribution >= 4 is 12.4 Å². The third-order valence-corrected chi connectivity index (χ3v) is 2.13. The number of esters is 1. The second-order valence-corrected chi connectivity index (χ2v) is 3.70. The van der Waals surface area contributed by atoms with E-state index in [2.05, 4.69) is 5.32 Å². The lowest BCUT2D eigenvalue weighted by atomic mass is 9.93. The van der Waals surface area contributed by atoms with Crippen molar-refractivity contribution in [2.75, 3.05) is 39.6 Å². The van der Waals surface area contributed by atoms with Crippen molar-refractivity contribution in [2.45, 2.75) is 6.92 Å². The first kappa shape index (κ1) is 15.8. The van der Waals surface area contributed by atoms with E-state index < -0.39 is 24.6 Å². The summed E-state index contributed by atoms with van der Waals surface area (Å²) in [6, 6.07) is 0. The summed E-state index contributed by atoms with van der Waals surface area (Å²) in [7, 11) is 0. The van der Waals surface area contributed by atoms with E-state index in [1.54, 1.807) is 0 Å². The molecule has 0 saturated carbocycles. The zero-order valence-electron chi connectivity index (χ0n) is 9.85. The summed E-state index contributed by atoms with van der Waals surface area (Å²) >= 11 is 0. The van der Waals surface area contributed by atoms with Gasteiger partial charge in [-0.1, -0.05) is 0 Å². The molecular weight excluding hydrogens is 230 g/mol. The Labute approximate surface area is 99.7 Å². The molecule has 3 N–H and O–H groups in total. The Morgan fingerprint density at radius 3 is 2.47 bits per heavy atom. The van der Waals surface area contributed by atoms with E-state index in [0.29, 0.717) is 19.6 Å². The SMILES string of the molecule is CC(CO)(CO)C(=O)OCCOCCNC=O. The van der Waals surface area contributed by atoms with E-state index in [0.717, 1.165) is 0 Å². The van der Waals surface area contributed by atoms with E-state index in [-0.39, 0.29) is 13.2 Å². The molecule has 7 heteroatoms. The van der Waals surface area contributed by atoms with Gasteiger partial charge in [0.15, 0.2) is 0 Å². The normalized spacial score (nSPS) is 11.0. The third-order valence-electron chi connectivity index (χ3n) is 2.13. The van der Waals surface area contributed by atoms with Crippen LogP contribution in [0.3, 0.4) is 0 Å². The van der Waals surface area contributed by atoms with E-state index in [1.165, 1.54) is 6.92 Å². The van der Waals surface area contributed by atoms with Crippen LogP contribution >= 0.6 is 0 Å². The minimum absolute atomic E-state index is 0.0372. The van der Waals surface area contributed by atoms with E-state index in [9.17, 15) is 9.59 Å². The van der Waals surface area contributed by atoms with Gasteiger partial charge in [-0.3, -0.25) is 9.59 Å². The number of hydrogen-bond acceptors (Lipinski definition) is 6. The summed E-state index contributed by atoms with van der Waals surface area (Å²) in [4.78, 5) is 21.3. The molecule has 0 rings (SSSR count). The van der Waals surface area contributed by atoms with Gasteiger partial charge in [0.1, 0.15) is 12.0 Å². The largest absolute Gasteiger partial charge is 0.463 e. The minimum atomic E-state index is -1.28. The van der Waals surface area contributed by atoms with Gasteiger partial charge in [-0.05, 0) is 6.92 Å². The Balaban J connectivity index is 3.61. The molecule has 0 saturated heterocycles. The highest BCUT2D eigenvalue weighted by atomic mass is 16.6. The third kappa shape index (κ3) is 6.20. The van der Waals surface area contributed by atoms with Crippen molar-refractivity contribution in [1.82, 2.24) is 5.32 Å². The van der Waals surface area contributed by atoms with Crippen LogP contribution in [0.15, 0.2) is 0 Å². The number of carbonyl (C=O) groups excluding carboxylic acids is 2. The highest BCUT2D eigenvalue weighted by Crippen LogP contribution is 2.16. The smallest absolute Gasteiger partial charge is 0.316 e. The maximum Gasteiger partial charge on any atom is 0.316 e. The van der Waals surface area contributed by atoms with Gasteiger partial charge in [0.05, 0.1) is 26.4 Å². The summed E-state index contributed by atoms with van der Waals surface area (Å²) < 4.78 is 9.86. The predicted octanol–water partition coefficient (Wildman–Crippen LogP) is -1.72. The number of hydrogen-bond donors (Lipinski definition) is 3. The van der Waals surface area contributed by atoms with Crippen molar-refractivity contribution < 1.29 is 29.3 Å². The lowest BCUT2D eigenvalue weighted by Gasteiger charge is -2.22. The van der Waals surface area contributed by atoms with E-state index in [1.807, 2.05) is 0 Å². The van der Waals surface area contributed by atoms with E-state index in [4.69, 9.17) is 19.7 Å². The van der Waals surface area contributed by atoms with Gasteiger partial charge in [-0.2, -0.15) is 0 Å². The van der Waals surface area contributed by atoms with Crippen LogP contribution in [-0.2, 0) is 19.1 Å². The van der Waals surface area contributed by atoms with Gasteiger partial charge in [0, 0.05) is 6.54 Å². The zero-order chi connectivity index (χ0) is 13.1. The van der Waals surface area contributed by atoms with Crippen LogP contribution in [-0.4, -0.2) is 62.2 Å². The highest BCUT2D eigenvalue weighted by molar-refractivity contribution is 5.76. The summed E-state index contributed by atoms with van der Waals surface area (Å²) in [6.45, 7) is 1.40. The van der Waals surface area contributed by atoms with Crippen LogP contribution in [0, 0.1) is 5.41 Å². The number of aliphatic hydroxyl groups excluding tert-OH is 2. The van der Waals surface area contributed by atoms with Gasteiger partial charge in [-0.25, -0.2) is 0 Å². The number of ether oxygens (including phenoxy) is 2. The van der Waals surface area contributed by atoms with Crippen molar-refractivity contribution in [3.63, 3.8) is 0 Å². The van der Waals surface area contributed by atoms with Crippen molar-refractivity contribution in [2.24, 2.45) is 5.41 Å². The summed E-state index contributed by atoms with van der Waals surface area (Å²) in [5.41, 5.74) is -1.28. The molecule has 0 aromatic carbocycles. The second-order valence-electron chi connectivity index (χ2n) is 3.70. The molecule has 0 aliphatic rings. The Bertz CT molecular complexity index is 229. The van der Waals surface area contributed by atoms with Crippen LogP contribution in [0.1, 0.15) is 6.92 Å². The molecule has 1 amide bonds. The summed E-state index contributed by atoms with van der Waals surface area (Å²) in [6.07, 6.45) is 0.567. The van der Waals surface area contributed by atoms with Crippen LogP contribution in [0.4, 0.5) is 0 Å². The molecule has 0 aliphatic heterocycles. The first-order valence-corrected chi connectivity index (χ1v) is 5.24. The summed E-state index contributed by atoms with van der Waals surface area (Å²) in [5.74, 6) is -0.669. The molecular formula is C10H19NO6. The Morgan fingerprint density at radius 1 is 1.29 bits per heavy atom. The first-order valence-electron chi connectivity index (χ1n) is 5.24. The summed E-state index contributed by atoms with van der Waals surface area (Å²) in [5, 5.41) is 20.3. The zero-order valence-corrected chi connectivity index (χ0v) is 9.85. The van der Waals surface area contributed by atoms with Crippen LogP contribution in [0.25, 0.3) is 0 Å². The molecule has 0 unspecified atom stereocenters. The van der Waals surface area contributed by atoms with Gasteiger partial charge < -0.3 is 25.0 Å². The lowest BCUT2D eigenvalue weighted by molar-refractivity contribution is -0.161. The van der Waals surface area contributed by atoms with Gasteiger partial charge in [0.2, 0.25) is 6.41 Å². The maximum atomic E-state index is 11.4. The average Bonchev–Trinajstić information content (AvgIpc) is 2.36.